The Morgan fingerprint density at radius 3 is 2.00 bits per heavy atom. The molecule has 0 spiro atoms. The van der Waals surface area contributed by atoms with E-state index in [1.807, 2.05) is 6.92 Å². The normalized spacial score (nSPS) is 10.1. The Morgan fingerprint density at radius 1 is 1.31 bits per heavy atom. The predicted molar refractivity (Wildman–Crippen MR) is 83.9 cm³/mol. The minimum Gasteiger partial charge on any atom is -0.540 e. The number of hydrogen-bond acceptors (Lipinski definition) is 3. The van der Waals surface area contributed by atoms with E-state index in [1.54, 1.807) is 11.2 Å². The summed E-state index contributed by atoms with van der Waals surface area (Å²) in [7, 11) is -0.490. The zero-order valence-corrected chi connectivity index (χ0v) is 15.1. The van der Waals surface area contributed by atoms with Gasteiger partial charge in [0.25, 0.3) is 0 Å². The fraction of sp³-hybridized carbons (Fsp3) is 0.375. The molecule has 16 heavy (non-hydrogen) atoms. The van der Waals surface area contributed by atoms with Gasteiger partial charge in [-0.2, -0.15) is 0 Å². The monoisotopic (exact) mass is 288 g/mol. The van der Waals surface area contributed by atoms with Gasteiger partial charge in [0.1, 0.15) is 27.9 Å². The second-order valence-corrected chi connectivity index (χ2v) is 6.48. The molecule has 0 N–H and O–H groups in total. The van der Waals surface area contributed by atoms with Gasteiger partial charge < -0.3 is 8.66 Å². The van der Waals surface area contributed by atoms with E-state index < -0.39 is 0 Å². The molecule has 0 saturated heterocycles. The molecular weight excluding hydrogens is 268 g/mol. The Labute approximate surface area is 107 Å². The van der Waals surface area contributed by atoms with Crippen LogP contribution in [0, 0.1) is 0 Å². The molecule has 0 aliphatic rings. The van der Waals surface area contributed by atoms with Gasteiger partial charge in [-0.05, 0) is 6.55 Å². The van der Waals surface area contributed by atoms with Crippen molar-refractivity contribution in [2.24, 2.45) is 4.66 Å². The molecule has 0 unspecified atom stereocenters. The van der Waals surface area contributed by atoms with Crippen LogP contribution in [0.4, 0.5) is 0 Å². The molecule has 0 aromatic rings. The van der Waals surface area contributed by atoms with Crippen molar-refractivity contribution in [3.63, 3.8) is 0 Å². The average Bonchev–Trinajstić information content (AvgIpc) is 2.20. The first-order chi connectivity index (χ1) is 7.53. The third-order valence-corrected chi connectivity index (χ3v) is 5.41. The molecule has 0 aliphatic heterocycles. The summed E-state index contributed by atoms with van der Waals surface area (Å²) < 4.78 is 10.9. The highest BCUT2D eigenvalue weighted by molar-refractivity contribution is 6.58. The lowest BCUT2D eigenvalue weighted by molar-refractivity contribution is -0.121. The lowest BCUT2D eigenvalue weighted by Gasteiger charge is -2.07. The molecule has 90 valence electrons. The molecule has 0 bridgehead atoms. The number of carbonyl (C=O) groups excluding carboxylic acids is 1. The van der Waals surface area contributed by atoms with Crippen molar-refractivity contribution in [2.75, 3.05) is 0 Å². The van der Waals surface area contributed by atoms with Gasteiger partial charge >= 0.3 is 0 Å². The zero-order valence-electron chi connectivity index (χ0n) is 10.3. The van der Waals surface area contributed by atoms with Crippen molar-refractivity contribution in [2.45, 2.75) is 20.4 Å². The van der Waals surface area contributed by atoms with Gasteiger partial charge in [-0.25, -0.2) is 0 Å². The van der Waals surface area contributed by atoms with Crippen LogP contribution in [0.1, 0.15) is 13.8 Å². The van der Waals surface area contributed by atoms with E-state index in [0.29, 0.717) is 0 Å². The Morgan fingerprint density at radius 2 is 1.81 bits per heavy atom. The summed E-state index contributed by atoms with van der Waals surface area (Å²) in [5.74, 6) is 0.934. The largest absolute Gasteiger partial charge is 0.540 e. The van der Waals surface area contributed by atoms with Crippen LogP contribution in [0.5, 0.6) is 0 Å². The van der Waals surface area contributed by atoms with E-state index in [2.05, 4.69) is 29.7 Å². The summed E-state index contributed by atoms with van der Waals surface area (Å²) in [5.41, 5.74) is 0. The fourth-order valence-electron chi connectivity index (χ4n) is 0.706. The van der Waals surface area contributed by atoms with E-state index in [4.69, 9.17) is 4.43 Å². The van der Waals surface area contributed by atoms with Crippen molar-refractivity contribution >= 4 is 68.0 Å². The van der Waals surface area contributed by atoms with Crippen LogP contribution in [0.15, 0.2) is 4.66 Å². The summed E-state index contributed by atoms with van der Waals surface area (Å²) in [4.78, 5) is 10.5. The highest BCUT2D eigenvalue weighted by Gasteiger charge is 1.93. The lowest BCUT2D eigenvalue weighted by atomic mass is 10.8. The van der Waals surface area contributed by atoms with Gasteiger partial charge in [-0.1, -0.05) is 6.17 Å². The van der Waals surface area contributed by atoms with Gasteiger partial charge in [0, 0.05) is 13.8 Å². The molecule has 8 heteroatoms. The van der Waals surface area contributed by atoms with Crippen LogP contribution in [-0.4, -0.2) is 72.2 Å². The molecule has 0 aliphatic carbocycles. The van der Waals surface area contributed by atoms with E-state index in [0.717, 1.165) is 5.90 Å². The molecule has 0 heterocycles. The third-order valence-electron chi connectivity index (χ3n) is 1.38. The Bertz CT molecular complexity index is 273. The molecule has 4 nitrogen and oxygen atoms in total. The van der Waals surface area contributed by atoms with Crippen molar-refractivity contribution in [3.05, 3.63) is 0 Å². The maximum absolute atomic E-state index is 10.5. The third kappa shape index (κ3) is 11.5. The van der Waals surface area contributed by atoms with Gasteiger partial charge in [0.15, 0.2) is 5.90 Å². The number of rotatable bonds is 4. The van der Waals surface area contributed by atoms with Crippen LogP contribution in [-0.2, 0) is 9.22 Å². The molecule has 1 amide bonds. The summed E-state index contributed by atoms with van der Waals surface area (Å²) in [5, 5.41) is 0. The number of hydrogen-bond donors (Lipinski definition) is 0. The standard InChI is InChI=1S/C4H11NOSi2.C4H9NOSi2/c1-4(5-7-2)6-8-3;1-4(6)5(7-2)8-3/h7H,2,8H2,1,3H3;7-8H,2-3H2,1H3. The van der Waals surface area contributed by atoms with Crippen LogP contribution in [0.3, 0.4) is 0 Å². The summed E-state index contributed by atoms with van der Waals surface area (Å²) in [6.45, 7) is 5.52. The molecule has 0 saturated carbocycles. The number of nitrogens with zero attached hydrogens (tertiary/aromatic N) is 2. The van der Waals surface area contributed by atoms with E-state index in [1.165, 1.54) is 0 Å². The van der Waals surface area contributed by atoms with Crippen LogP contribution in [0.25, 0.3) is 0 Å². The van der Waals surface area contributed by atoms with Gasteiger partial charge in [-0.15, -0.1) is 12.3 Å². The predicted octanol–water partition coefficient (Wildman–Crippen LogP) is -2.26. The summed E-state index contributed by atoms with van der Waals surface area (Å²) >= 11 is 0. The van der Waals surface area contributed by atoms with Crippen LogP contribution >= 0.6 is 0 Å². The lowest BCUT2D eigenvalue weighted by Crippen LogP contribution is -2.27. The smallest absolute Gasteiger partial charge is 0.218 e. The molecular formula is C8H20N2O2Si4. The Balaban J connectivity index is 0. The highest BCUT2D eigenvalue weighted by Crippen LogP contribution is 1.74. The number of amides is 1. The van der Waals surface area contributed by atoms with Gasteiger partial charge in [0.05, 0.1) is 0 Å². The number of carbonyl (C=O) groups is 1. The average molecular weight is 289 g/mol. The van der Waals surface area contributed by atoms with Crippen LogP contribution < -0.4 is 0 Å². The topological polar surface area (TPSA) is 41.9 Å². The van der Waals surface area contributed by atoms with Crippen molar-refractivity contribution in [3.8, 4) is 0 Å². The SMILES string of the molecule is C=[SiH]N([SiH]=C)C(C)=O.C=[SiH]N=C(C)O[SiH2]C. The van der Waals surface area contributed by atoms with Crippen molar-refractivity contribution < 1.29 is 9.22 Å². The van der Waals surface area contributed by atoms with E-state index in [9.17, 15) is 4.79 Å². The summed E-state index contributed by atoms with van der Waals surface area (Å²) in [6, 6.07) is 0. The minimum absolute atomic E-state index is 0.0177. The van der Waals surface area contributed by atoms with E-state index in [-0.39, 0.29) is 43.6 Å². The second kappa shape index (κ2) is 12.5. The molecule has 0 atom stereocenters. The van der Waals surface area contributed by atoms with E-state index >= 15 is 0 Å². The van der Waals surface area contributed by atoms with Gasteiger partial charge in [0.2, 0.25) is 15.7 Å². The maximum atomic E-state index is 10.5. The van der Waals surface area contributed by atoms with Crippen molar-refractivity contribution in [1.29, 1.82) is 0 Å². The molecule has 0 aromatic heterocycles. The zero-order chi connectivity index (χ0) is 13.0. The highest BCUT2D eigenvalue weighted by atomic mass is 28.3. The molecule has 0 radical (unpaired) electrons. The molecule has 0 fully saturated rings. The van der Waals surface area contributed by atoms with Crippen molar-refractivity contribution in [1.82, 2.24) is 4.23 Å². The quantitative estimate of drug-likeness (QED) is 0.333. The summed E-state index contributed by atoms with van der Waals surface area (Å²) in [6.07, 6.45) is 10.9. The first kappa shape index (κ1) is 17.8. The Kier molecular flexibility index (Phi) is 13.9. The Hall–Kier alpha value is -0.582. The minimum atomic E-state index is -0.299. The fourth-order valence-corrected chi connectivity index (χ4v) is 2.79. The van der Waals surface area contributed by atoms with Gasteiger partial charge in [-0.3, -0.25) is 9.45 Å². The molecule has 0 rings (SSSR count). The second-order valence-electron chi connectivity index (χ2n) is 2.56. The first-order valence-electron chi connectivity index (χ1n) is 4.85. The molecule has 0 aromatic carbocycles. The first-order valence-corrected chi connectivity index (χ1v) is 10.8. The maximum Gasteiger partial charge on any atom is 0.218 e. The van der Waals surface area contributed by atoms with Crippen LogP contribution in [0.2, 0.25) is 6.55 Å².